The number of unbranched alkanes of at least 4 members (excludes halogenated alkanes) is 1. The average molecular weight is 451 g/mol. The molecule has 0 spiro atoms. The van der Waals surface area contributed by atoms with Crippen molar-refractivity contribution in [3.05, 3.63) is 72.1 Å². The number of hydrogen-bond acceptors (Lipinski definition) is 5. The molecule has 0 bridgehead atoms. The summed E-state index contributed by atoms with van der Waals surface area (Å²) < 4.78 is 1.84. The lowest BCUT2D eigenvalue weighted by atomic mass is 10.1. The van der Waals surface area contributed by atoms with Gasteiger partial charge in [-0.05, 0) is 43.7 Å². The van der Waals surface area contributed by atoms with E-state index in [1.807, 2.05) is 16.7 Å². The molecule has 0 atom stereocenters. The maximum atomic E-state index is 12.4. The normalized spacial score (nSPS) is 10.6. The number of imidazole rings is 1. The van der Waals surface area contributed by atoms with E-state index in [1.165, 1.54) is 18.7 Å². The molecule has 1 aromatic heterocycles. The van der Waals surface area contributed by atoms with Crippen molar-refractivity contribution in [3.8, 4) is 5.69 Å². The molecule has 7 nitrogen and oxygen atoms in total. The van der Waals surface area contributed by atoms with E-state index in [4.69, 9.17) is 0 Å². The Bertz CT molecular complexity index is 1110. The molecule has 0 radical (unpaired) electrons. The first-order valence-electron chi connectivity index (χ1n) is 10.4. The number of benzene rings is 2. The second kappa shape index (κ2) is 11.3. The van der Waals surface area contributed by atoms with Gasteiger partial charge in [0.2, 0.25) is 5.91 Å². The molecule has 2 aromatic carbocycles. The van der Waals surface area contributed by atoms with Crippen molar-refractivity contribution in [2.24, 2.45) is 0 Å². The Hall–Kier alpha value is -3.39. The fourth-order valence-corrected chi connectivity index (χ4v) is 3.79. The molecule has 0 unspecified atom stereocenters. The Balaban J connectivity index is 1.64. The first-order valence-corrected chi connectivity index (χ1v) is 11.4. The molecule has 32 heavy (non-hydrogen) atoms. The Morgan fingerprint density at radius 1 is 1.06 bits per heavy atom. The molecule has 0 aliphatic heterocycles. The van der Waals surface area contributed by atoms with Crippen LogP contribution in [0.3, 0.4) is 0 Å². The summed E-state index contributed by atoms with van der Waals surface area (Å²) in [6.07, 6.45) is 5.41. The van der Waals surface area contributed by atoms with Gasteiger partial charge >= 0.3 is 0 Å². The number of Topliss-reactive ketones (excluding diaryl/α,β-unsaturated/α-hetero) is 1. The van der Waals surface area contributed by atoms with Crippen molar-refractivity contribution in [2.75, 3.05) is 17.6 Å². The third kappa shape index (κ3) is 6.31. The summed E-state index contributed by atoms with van der Waals surface area (Å²) >= 11 is 1.29. The van der Waals surface area contributed by atoms with Gasteiger partial charge in [0.25, 0.3) is 5.91 Å². The standard InChI is InChI=1S/C24H26N4O3S/c1-3-4-11-25-23(31)19-8-6-10-21(15-19)28-13-12-26-24(28)32-16-22(30)27-20-9-5-7-18(14-20)17(2)29/h5-10,12-15H,3-4,11,16H2,1-2H3,(H,25,31)(H,27,30). The molecule has 0 saturated carbocycles. The Labute approximate surface area is 191 Å². The minimum Gasteiger partial charge on any atom is -0.352 e. The van der Waals surface area contributed by atoms with E-state index in [0.717, 1.165) is 18.5 Å². The van der Waals surface area contributed by atoms with E-state index in [9.17, 15) is 14.4 Å². The van der Waals surface area contributed by atoms with Gasteiger partial charge in [-0.1, -0.05) is 43.3 Å². The fraction of sp³-hybridized carbons (Fsp3) is 0.250. The monoisotopic (exact) mass is 450 g/mol. The summed E-state index contributed by atoms with van der Waals surface area (Å²) in [5.74, 6) is -0.215. The lowest BCUT2D eigenvalue weighted by molar-refractivity contribution is -0.113. The van der Waals surface area contributed by atoms with Crippen LogP contribution in [0.4, 0.5) is 5.69 Å². The zero-order valence-corrected chi connectivity index (χ0v) is 18.9. The van der Waals surface area contributed by atoms with Gasteiger partial charge in [-0.25, -0.2) is 4.98 Å². The van der Waals surface area contributed by atoms with Gasteiger partial charge in [-0.3, -0.25) is 19.0 Å². The van der Waals surface area contributed by atoms with Crippen LogP contribution in [0.1, 0.15) is 47.4 Å². The number of ketones is 1. The number of rotatable bonds is 10. The summed E-state index contributed by atoms with van der Waals surface area (Å²) in [6.45, 7) is 4.21. The molecule has 0 aliphatic rings. The molecule has 0 saturated heterocycles. The van der Waals surface area contributed by atoms with Crippen molar-refractivity contribution in [3.63, 3.8) is 0 Å². The predicted molar refractivity (Wildman–Crippen MR) is 127 cm³/mol. The van der Waals surface area contributed by atoms with E-state index in [-0.39, 0.29) is 23.4 Å². The molecule has 0 fully saturated rings. The fourth-order valence-electron chi connectivity index (χ4n) is 3.01. The highest BCUT2D eigenvalue weighted by Crippen LogP contribution is 2.22. The number of carbonyl (C=O) groups excluding carboxylic acids is 3. The van der Waals surface area contributed by atoms with Gasteiger partial charge < -0.3 is 10.6 Å². The SMILES string of the molecule is CCCCNC(=O)c1cccc(-n2ccnc2SCC(=O)Nc2cccc(C(C)=O)c2)c1. The minimum absolute atomic E-state index is 0.0567. The minimum atomic E-state index is -0.200. The van der Waals surface area contributed by atoms with E-state index in [1.54, 1.807) is 48.8 Å². The van der Waals surface area contributed by atoms with E-state index >= 15 is 0 Å². The molecule has 166 valence electrons. The van der Waals surface area contributed by atoms with E-state index < -0.39 is 0 Å². The van der Waals surface area contributed by atoms with Gasteiger partial charge in [0.15, 0.2) is 10.9 Å². The van der Waals surface area contributed by atoms with Crippen molar-refractivity contribution in [1.82, 2.24) is 14.9 Å². The van der Waals surface area contributed by atoms with Crippen LogP contribution in [-0.4, -0.2) is 39.4 Å². The summed E-state index contributed by atoms with van der Waals surface area (Å²) in [7, 11) is 0. The van der Waals surface area contributed by atoms with Crippen LogP contribution < -0.4 is 10.6 Å². The lowest BCUT2D eigenvalue weighted by Gasteiger charge is -2.10. The first-order chi connectivity index (χ1) is 15.5. The number of aromatic nitrogens is 2. The molecule has 2 amide bonds. The van der Waals surface area contributed by atoms with Crippen molar-refractivity contribution < 1.29 is 14.4 Å². The summed E-state index contributed by atoms with van der Waals surface area (Å²) in [5, 5.41) is 6.36. The molecule has 1 heterocycles. The van der Waals surface area contributed by atoms with Gasteiger partial charge in [0, 0.05) is 41.4 Å². The third-order valence-electron chi connectivity index (χ3n) is 4.69. The molecule has 2 N–H and O–H groups in total. The topological polar surface area (TPSA) is 93.1 Å². The van der Waals surface area contributed by atoms with Gasteiger partial charge in [0.1, 0.15) is 0 Å². The van der Waals surface area contributed by atoms with Crippen molar-refractivity contribution in [1.29, 1.82) is 0 Å². The number of thioether (sulfide) groups is 1. The summed E-state index contributed by atoms with van der Waals surface area (Å²) in [4.78, 5) is 40.6. The first kappa shape index (κ1) is 23.3. The molecule has 3 rings (SSSR count). The molecule has 0 aliphatic carbocycles. The highest BCUT2D eigenvalue weighted by molar-refractivity contribution is 7.99. The van der Waals surface area contributed by atoms with Crippen molar-refractivity contribution >= 4 is 35.0 Å². The number of anilines is 1. The maximum absolute atomic E-state index is 12.4. The smallest absolute Gasteiger partial charge is 0.251 e. The number of amides is 2. The highest BCUT2D eigenvalue weighted by atomic mass is 32.2. The van der Waals surface area contributed by atoms with Gasteiger partial charge in [0.05, 0.1) is 5.75 Å². The summed E-state index contributed by atoms with van der Waals surface area (Å²) in [5.41, 5.74) is 2.49. The second-order valence-corrected chi connectivity index (χ2v) is 8.16. The van der Waals surface area contributed by atoms with E-state index in [0.29, 0.717) is 28.5 Å². The number of nitrogens with one attached hydrogen (secondary N) is 2. The van der Waals surface area contributed by atoms with Crippen LogP contribution in [0.2, 0.25) is 0 Å². The van der Waals surface area contributed by atoms with Crippen molar-refractivity contribution in [2.45, 2.75) is 31.8 Å². The largest absolute Gasteiger partial charge is 0.352 e. The Morgan fingerprint density at radius 3 is 2.62 bits per heavy atom. The van der Waals surface area contributed by atoms with Crippen LogP contribution in [-0.2, 0) is 4.79 Å². The zero-order chi connectivity index (χ0) is 22.9. The predicted octanol–water partition coefficient (Wildman–Crippen LogP) is 4.34. The van der Waals surface area contributed by atoms with Crippen LogP contribution in [0.5, 0.6) is 0 Å². The van der Waals surface area contributed by atoms with Crippen LogP contribution in [0, 0.1) is 0 Å². The Morgan fingerprint density at radius 2 is 1.84 bits per heavy atom. The number of carbonyl (C=O) groups is 3. The third-order valence-corrected chi connectivity index (χ3v) is 5.66. The molecular weight excluding hydrogens is 424 g/mol. The molecule has 3 aromatic rings. The highest BCUT2D eigenvalue weighted by Gasteiger charge is 2.12. The van der Waals surface area contributed by atoms with Crippen LogP contribution >= 0.6 is 11.8 Å². The number of nitrogens with zero attached hydrogens (tertiary/aromatic N) is 2. The van der Waals surface area contributed by atoms with Gasteiger partial charge in [-0.15, -0.1) is 0 Å². The summed E-state index contributed by atoms with van der Waals surface area (Å²) in [6, 6.07) is 14.1. The average Bonchev–Trinajstić information content (AvgIpc) is 3.27. The quantitative estimate of drug-likeness (QED) is 0.272. The Kier molecular flexibility index (Phi) is 8.21. The van der Waals surface area contributed by atoms with Crippen LogP contribution in [0.15, 0.2) is 66.1 Å². The second-order valence-electron chi connectivity index (χ2n) is 7.21. The zero-order valence-electron chi connectivity index (χ0n) is 18.1. The molecular formula is C24H26N4O3S. The van der Waals surface area contributed by atoms with E-state index in [2.05, 4.69) is 22.5 Å². The van der Waals surface area contributed by atoms with Gasteiger partial charge in [-0.2, -0.15) is 0 Å². The maximum Gasteiger partial charge on any atom is 0.251 e. The van der Waals surface area contributed by atoms with Crippen LogP contribution in [0.25, 0.3) is 5.69 Å². The number of hydrogen-bond donors (Lipinski definition) is 2. The molecule has 8 heteroatoms. The lowest BCUT2D eigenvalue weighted by Crippen LogP contribution is -2.24.